The standard InChI is InChI=1S/C25H41N5O2.HI/c1-5-26-23(30-16-13-20(19-30)18-29-14-9-10-15-29)27-17-22(21-11-7-6-8-12-21)28-24(31)32-25(2,3)4;/h6-8,11-12,20,22H,5,9-10,13-19H2,1-4H3,(H,26,27)(H,28,31);1H. The van der Waals surface area contributed by atoms with E-state index in [4.69, 9.17) is 9.73 Å². The summed E-state index contributed by atoms with van der Waals surface area (Å²) in [7, 11) is 0. The molecular formula is C25H42IN5O2. The molecule has 2 aliphatic rings. The molecule has 0 radical (unpaired) electrons. The SMILES string of the molecule is CCNC(=NCC(NC(=O)OC(C)(C)C)c1ccccc1)N1CCC(CN2CCCC2)C1.I. The Hall–Kier alpha value is -1.55. The Balaban J connectivity index is 0.00000385. The van der Waals surface area contributed by atoms with Gasteiger partial charge in [-0.3, -0.25) is 4.99 Å². The van der Waals surface area contributed by atoms with Crippen LogP contribution in [0.25, 0.3) is 0 Å². The Morgan fingerprint density at radius 2 is 1.88 bits per heavy atom. The molecule has 33 heavy (non-hydrogen) atoms. The number of hydrogen-bond donors (Lipinski definition) is 2. The van der Waals surface area contributed by atoms with Gasteiger partial charge in [0.25, 0.3) is 0 Å². The van der Waals surface area contributed by atoms with Gasteiger partial charge in [0.2, 0.25) is 0 Å². The smallest absolute Gasteiger partial charge is 0.408 e. The highest BCUT2D eigenvalue weighted by Crippen LogP contribution is 2.21. The molecule has 2 fully saturated rings. The van der Waals surface area contributed by atoms with Crippen molar-refractivity contribution in [2.24, 2.45) is 10.9 Å². The van der Waals surface area contributed by atoms with Gasteiger partial charge in [-0.25, -0.2) is 4.79 Å². The molecule has 2 N–H and O–H groups in total. The molecule has 1 aromatic carbocycles. The molecule has 7 nitrogen and oxygen atoms in total. The maximum absolute atomic E-state index is 12.5. The zero-order valence-electron chi connectivity index (χ0n) is 20.7. The molecule has 0 aliphatic carbocycles. The van der Waals surface area contributed by atoms with E-state index in [1.807, 2.05) is 51.1 Å². The third-order valence-corrected chi connectivity index (χ3v) is 5.95. The number of hydrogen-bond acceptors (Lipinski definition) is 4. The molecule has 2 heterocycles. The van der Waals surface area contributed by atoms with Crippen molar-refractivity contribution in [3.63, 3.8) is 0 Å². The minimum atomic E-state index is -0.538. The summed E-state index contributed by atoms with van der Waals surface area (Å²) in [5.41, 5.74) is 0.481. The molecule has 2 aliphatic heterocycles. The number of likely N-dealkylation sites (tertiary alicyclic amines) is 2. The summed E-state index contributed by atoms with van der Waals surface area (Å²) < 4.78 is 5.49. The lowest BCUT2D eigenvalue weighted by molar-refractivity contribution is 0.0505. The summed E-state index contributed by atoms with van der Waals surface area (Å²) in [5, 5.41) is 6.47. The van der Waals surface area contributed by atoms with Gasteiger partial charge in [-0.2, -0.15) is 0 Å². The predicted molar refractivity (Wildman–Crippen MR) is 145 cm³/mol. The second-order valence-corrected chi connectivity index (χ2v) is 9.91. The van der Waals surface area contributed by atoms with Crippen LogP contribution in [0.4, 0.5) is 4.79 Å². The quantitative estimate of drug-likeness (QED) is 0.291. The average Bonchev–Trinajstić information content (AvgIpc) is 3.42. The van der Waals surface area contributed by atoms with E-state index in [-0.39, 0.29) is 30.0 Å². The normalized spacial score (nSPS) is 20.3. The van der Waals surface area contributed by atoms with Crippen LogP contribution >= 0.6 is 24.0 Å². The van der Waals surface area contributed by atoms with Gasteiger partial charge >= 0.3 is 6.09 Å². The first-order valence-electron chi connectivity index (χ1n) is 12.1. The summed E-state index contributed by atoms with van der Waals surface area (Å²) >= 11 is 0. The number of nitrogens with one attached hydrogen (secondary N) is 2. The van der Waals surface area contributed by atoms with Crippen LogP contribution in [0, 0.1) is 5.92 Å². The summed E-state index contributed by atoms with van der Waals surface area (Å²) in [4.78, 5) is 22.4. The molecular weight excluding hydrogens is 529 g/mol. The highest BCUT2D eigenvalue weighted by atomic mass is 127. The number of alkyl carbamates (subject to hydrolysis) is 1. The van der Waals surface area contributed by atoms with E-state index in [2.05, 4.69) is 27.4 Å². The first-order valence-corrected chi connectivity index (χ1v) is 12.1. The van der Waals surface area contributed by atoms with Crippen molar-refractivity contribution in [1.29, 1.82) is 0 Å². The van der Waals surface area contributed by atoms with Gasteiger partial charge in [-0.15, -0.1) is 24.0 Å². The van der Waals surface area contributed by atoms with Crippen molar-refractivity contribution in [2.75, 3.05) is 45.8 Å². The van der Waals surface area contributed by atoms with Crippen LogP contribution < -0.4 is 10.6 Å². The zero-order valence-corrected chi connectivity index (χ0v) is 23.0. The van der Waals surface area contributed by atoms with Crippen molar-refractivity contribution in [3.8, 4) is 0 Å². The molecule has 1 aromatic rings. The van der Waals surface area contributed by atoms with E-state index < -0.39 is 11.7 Å². The number of rotatable bonds is 7. The molecule has 0 aromatic heterocycles. The van der Waals surface area contributed by atoms with Gasteiger partial charge in [-0.05, 0) is 71.5 Å². The maximum atomic E-state index is 12.5. The fraction of sp³-hybridized carbons (Fsp3) is 0.680. The topological polar surface area (TPSA) is 69.2 Å². The lowest BCUT2D eigenvalue weighted by atomic mass is 10.1. The Morgan fingerprint density at radius 1 is 1.18 bits per heavy atom. The molecule has 3 rings (SSSR count). The van der Waals surface area contributed by atoms with Gasteiger partial charge in [-0.1, -0.05) is 30.3 Å². The lowest BCUT2D eigenvalue weighted by Crippen LogP contribution is -2.42. The number of nitrogens with zero attached hydrogens (tertiary/aromatic N) is 3. The van der Waals surface area contributed by atoms with E-state index >= 15 is 0 Å². The highest BCUT2D eigenvalue weighted by molar-refractivity contribution is 14.0. The van der Waals surface area contributed by atoms with E-state index in [9.17, 15) is 4.79 Å². The number of halogens is 1. The van der Waals surface area contributed by atoms with Gasteiger partial charge < -0.3 is 25.2 Å². The Bertz CT molecular complexity index is 747. The van der Waals surface area contributed by atoms with Crippen LogP contribution in [0.3, 0.4) is 0 Å². The fourth-order valence-corrected chi connectivity index (χ4v) is 4.48. The third-order valence-electron chi connectivity index (χ3n) is 5.95. The zero-order chi connectivity index (χ0) is 23.0. The second-order valence-electron chi connectivity index (χ2n) is 9.91. The van der Waals surface area contributed by atoms with Crippen LogP contribution in [-0.2, 0) is 4.74 Å². The Kier molecular flexibility index (Phi) is 11.2. The van der Waals surface area contributed by atoms with Crippen LogP contribution in [0.15, 0.2) is 35.3 Å². The van der Waals surface area contributed by atoms with Crippen LogP contribution in [0.1, 0.15) is 58.6 Å². The minimum absolute atomic E-state index is 0. The van der Waals surface area contributed by atoms with Crippen molar-refractivity contribution >= 4 is 36.0 Å². The van der Waals surface area contributed by atoms with Gasteiger partial charge in [0.1, 0.15) is 5.60 Å². The molecule has 0 saturated carbocycles. The molecule has 2 unspecified atom stereocenters. The molecule has 0 bridgehead atoms. The predicted octanol–water partition coefficient (Wildman–Crippen LogP) is 4.25. The summed E-state index contributed by atoms with van der Waals surface area (Å²) in [6.07, 6.45) is 3.47. The molecule has 1 amide bonds. The number of carbonyl (C=O) groups is 1. The summed E-state index contributed by atoms with van der Waals surface area (Å²) in [6.45, 7) is 14.8. The average molecular weight is 572 g/mol. The van der Waals surface area contributed by atoms with Crippen molar-refractivity contribution in [2.45, 2.75) is 58.6 Å². The lowest BCUT2D eigenvalue weighted by Gasteiger charge is -2.25. The van der Waals surface area contributed by atoms with Crippen molar-refractivity contribution < 1.29 is 9.53 Å². The third kappa shape index (κ3) is 9.31. The first-order chi connectivity index (χ1) is 15.3. The van der Waals surface area contributed by atoms with E-state index in [0.29, 0.717) is 12.5 Å². The molecule has 0 spiro atoms. The largest absolute Gasteiger partial charge is 0.444 e. The first kappa shape index (κ1) is 27.7. The summed E-state index contributed by atoms with van der Waals surface area (Å²) in [5.74, 6) is 1.63. The van der Waals surface area contributed by atoms with Crippen LogP contribution in [0.5, 0.6) is 0 Å². The van der Waals surface area contributed by atoms with Crippen LogP contribution in [0.2, 0.25) is 0 Å². The maximum Gasteiger partial charge on any atom is 0.408 e. The molecule has 2 atom stereocenters. The van der Waals surface area contributed by atoms with Gasteiger partial charge in [0, 0.05) is 26.2 Å². The van der Waals surface area contributed by atoms with E-state index in [1.165, 1.54) is 38.9 Å². The number of guanidine groups is 1. The number of carbonyl (C=O) groups excluding carboxylic acids is 1. The Morgan fingerprint density at radius 3 is 2.52 bits per heavy atom. The number of aliphatic imine (C=N–C) groups is 1. The Labute approximate surface area is 216 Å². The fourth-order valence-electron chi connectivity index (χ4n) is 4.48. The number of amides is 1. The van der Waals surface area contributed by atoms with Crippen LogP contribution in [-0.4, -0.2) is 73.3 Å². The van der Waals surface area contributed by atoms with Crippen molar-refractivity contribution in [3.05, 3.63) is 35.9 Å². The number of ether oxygens (including phenoxy) is 1. The van der Waals surface area contributed by atoms with Gasteiger partial charge in [0.05, 0.1) is 12.6 Å². The van der Waals surface area contributed by atoms with Crippen molar-refractivity contribution in [1.82, 2.24) is 20.4 Å². The minimum Gasteiger partial charge on any atom is -0.444 e. The number of benzene rings is 1. The molecule has 8 heteroatoms. The summed E-state index contributed by atoms with van der Waals surface area (Å²) in [6, 6.07) is 9.74. The van der Waals surface area contributed by atoms with Gasteiger partial charge in [0.15, 0.2) is 5.96 Å². The van der Waals surface area contributed by atoms with E-state index in [1.54, 1.807) is 0 Å². The highest BCUT2D eigenvalue weighted by Gasteiger charge is 2.28. The molecule has 2 saturated heterocycles. The molecule has 186 valence electrons. The second kappa shape index (κ2) is 13.4. The monoisotopic (exact) mass is 571 g/mol. The van der Waals surface area contributed by atoms with E-state index in [0.717, 1.165) is 31.2 Å².